The zero-order chi connectivity index (χ0) is 23.8. The van der Waals surface area contributed by atoms with Crippen LogP contribution in [0.25, 0.3) is 0 Å². The number of ether oxygens (including phenoxy) is 4. The van der Waals surface area contributed by atoms with Crippen molar-refractivity contribution in [2.75, 3.05) is 21.3 Å². The summed E-state index contributed by atoms with van der Waals surface area (Å²) < 4.78 is 21.2. The molecule has 3 rings (SSSR count). The van der Waals surface area contributed by atoms with Gasteiger partial charge in [-0.3, -0.25) is 4.79 Å². The Labute approximate surface area is 191 Å². The molecule has 3 aromatic rings. The van der Waals surface area contributed by atoms with E-state index in [1.807, 2.05) is 19.1 Å². The van der Waals surface area contributed by atoms with Gasteiger partial charge in [0.05, 0.1) is 33.1 Å². The third kappa shape index (κ3) is 5.88. The number of carbonyl (C=O) groups is 2. The molecule has 0 unspecified atom stereocenters. The highest BCUT2D eigenvalue weighted by atomic mass is 16.5. The van der Waals surface area contributed by atoms with Crippen molar-refractivity contribution >= 4 is 18.1 Å². The first kappa shape index (κ1) is 23.3. The van der Waals surface area contributed by atoms with Gasteiger partial charge in [0.25, 0.3) is 5.91 Å². The molecule has 0 aromatic heterocycles. The maximum atomic E-state index is 12.6. The van der Waals surface area contributed by atoms with Crippen molar-refractivity contribution in [3.63, 3.8) is 0 Å². The van der Waals surface area contributed by atoms with E-state index < -0.39 is 5.97 Å². The molecule has 0 radical (unpaired) electrons. The molecule has 170 valence electrons. The third-order valence-corrected chi connectivity index (χ3v) is 4.68. The van der Waals surface area contributed by atoms with E-state index in [1.54, 1.807) is 36.4 Å². The van der Waals surface area contributed by atoms with Gasteiger partial charge >= 0.3 is 5.97 Å². The highest BCUT2D eigenvalue weighted by molar-refractivity contribution is 5.95. The molecular formula is C25H24N2O6. The average molecular weight is 448 g/mol. The van der Waals surface area contributed by atoms with Crippen LogP contribution in [0.1, 0.15) is 31.8 Å². The molecule has 0 aliphatic rings. The van der Waals surface area contributed by atoms with E-state index in [0.29, 0.717) is 34.1 Å². The van der Waals surface area contributed by atoms with Crippen molar-refractivity contribution in [1.29, 1.82) is 0 Å². The molecule has 8 nitrogen and oxygen atoms in total. The molecule has 3 aromatic carbocycles. The fourth-order valence-electron chi connectivity index (χ4n) is 2.92. The molecule has 8 heteroatoms. The van der Waals surface area contributed by atoms with E-state index in [9.17, 15) is 9.59 Å². The molecule has 0 spiro atoms. The molecule has 0 fully saturated rings. The first-order chi connectivity index (χ1) is 15.9. The van der Waals surface area contributed by atoms with E-state index in [1.165, 1.54) is 39.7 Å². The minimum atomic E-state index is -0.582. The van der Waals surface area contributed by atoms with Crippen LogP contribution in [0.15, 0.2) is 65.8 Å². The second-order valence-electron chi connectivity index (χ2n) is 6.94. The quantitative estimate of drug-likeness (QED) is 0.242. The monoisotopic (exact) mass is 448 g/mol. The third-order valence-electron chi connectivity index (χ3n) is 4.68. The maximum Gasteiger partial charge on any atom is 0.343 e. The summed E-state index contributed by atoms with van der Waals surface area (Å²) in [5.74, 6) is 0.540. The Kier molecular flexibility index (Phi) is 7.64. The highest BCUT2D eigenvalue weighted by Crippen LogP contribution is 2.38. The summed E-state index contributed by atoms with van der Waals surface area (Å²) in [6.07, 6.45) is 1.50. The van der Waals surface area contributed by atoms with Crippen molar-refractivity contribution in [2.45, 2.75) is 6.92 Å². The number of methoxy groups -OCH3 is 3. The number of aryl methyl sites for hydroxylation is 1. The first-order valence-corrected chi connectivity index (χ1v) is 9.97. The van der Waals surface area contributed by atoms with Gasteiger partial charge in [-0.15, -0.1) is 0 Å². The van der Waals surface area contributed by atoms with Crippen molar-refractivity contribution in [3.8, 4) is 23.0 Å². The molecule has 0 aliphatic heterocycles. The number of amides is 1. The van der Waals surface area contributed by atoms with Gasteiger partial charge in [0.2, 0.25) is 5.75 Å². The van der Waals surface area contributed by atoms with Crippen molar-refractivity contribution in [3.05, 3.63) is 82.9 Å². The smallest absolute Gasteiger partial charge is 0.343 e. The number of nitrogens with zero attached hydrogens (tertiary/aromatic N) is 1. The Morgan fingerprint density at radius 2 is 1.42 bits per heavy atom. The average Bonchev–Trinajstić information content (AvgIpc) is 2.84. The lowest BCUT2D eigenvalue weighted by atomic mass is 10.1. The Hall–Kier alpha value is -4.33. The lowest BCUT2D eigenvalue weighted by Crippen LogP contribution is -2.17. The van der Waals surface area contributed by atoms with Crippen LogP contribution in [0.2, 0.25) is 0 Å². The largest absolute Gasteiger partial charge is 0.493 e. The number of rotatable bonds is 8. The van der Waals surface area contributed by atoms with Crippen LogP contribution in [0.4, 0.5) is 0 Å². The van der Waals surface area contributed by atoms with Crippen LogP contribution in [0.5, 0.6) is 23.0 Å². The number of hydrogen-bond acceptors (Lipinski definition) is 7. The highest BCUT2D eigenvalue weighted by Gasteiger charge is 2.18. The van der Waals surface area contributed by atoms with E-state index >= 15 is 0 Å². The minimum Gasteiger partial charge on any atom is -0.493 e. The summed E-state index contributed by atoms with van der Waals surface area (Å²) in [5.41, 5.74) is 5.03. The van der Waals surface area contributed by atoms with E-state index in [-0.39, 0.29) is 11.5 Å². The first-order valence-electron chi connectivity index (χ1n) is 9.97. The molecule has 0 saturated carbocycles. The van der Waals surface area contributed by atoms with E-state index in [4.69, 9.17) is 18.9 Å². The summed E-state index contributed by atoms with van der Waals surface area (Å²) >= 11 is 0. The number of hydrogen-bond donors (Lipinski definition) is 1. The molecular weight excluding hydrogens is 424 g/mol. The molecule has 1 amide bonds. The Bertz CT molecular complexity index is 1130. The van der Waals surface area contributed by atoms with Crippen molar-refractivity contribution in [1.82, 2.24) is 5.43 Å². The number of nitrogens with one attached hydrogen (secondary N) is 1. The number of benzene rings is 3. The van der Waals surface area contributed by atoms with E-state index in [0.717, 1.165) is 5.56 Å². The number of esters is 1. The van der Waals surface area contributed by atoms with Crippen LogP contribution < -0.4 is 24.4 Å². The molecule has 0 atom stereocenters. The second-order valence-corrected chi connectivity index (χ2v) is 6.94. The van der Waals surface area contributed by atoms with Crippen molar-refractivity contribution in [2.24, 2.45) is 5.10 Å². The molecule has 0 aliphatic carbocycles. The number of carbonyl (C=O) groups excluding carboxylic acids is 2. The van der Waals surface area contributed by atoms with Gasteiger partial charge in [-0.05, 0) is 61.0 Å². The van der Waals surface area contributed by atoms with Gasteiger partial charge in [0, 0.05) is 5.56 Å². The Balaban J connectivity index is 1.63. The van der Waals surface area contributed by atoms with Gasteiger partial charge < -0.3 is 18.9 Å². The topological polar surface area (TPSA) is 95.5 Å². The summed E-state index contributed by atoms with van der Waals surface area (Å²) in [6, 6.07) is 16.9. The fraction of sp³-hybridized carbons (Fsp3) is 0.160. The Morgan fingerprint density at radius 3 is 1.97 bits per heavy atom. The summed E-state index contributed by atoms with van der Waals surface area (Å²) in [6.45, 7) is 1.95. The van der Waals surface area contributed by atoms with Crippen LogP contribution in [0, 0.1) is 6.92 Å². The van der Waals surface area contributed by atoms with E-state index in [2.05, 4.69) is 10.5 Å². The normalized spacial score (nSPS) is 10.5. The van der Waals surface area contributed by atoms with Crippen LogP contribution in [-0.4, -0.2) is 39.4 Å². The maximum absolute atomic E-state index is 12.6. The predicted molar refractivity (Wildman–Crippen MR) is 124 cm³/mol. The summed E-state index contributed by atoms with van der Waals surface area (Å²) in [5, 5.41) is 3.96. The molecule has 0 heterocycles. The van der Waals surface area contributed by atoms with Gasteiger partial charge in [-0.2, -0.15) is 5.10 Å². The lowest BCUT2D eigenvalue weighted by Gasteiger charge is -2.13. The zero-order valence-corrected chi connectivity index (χ0v) is 18.7. The van der Waals surface area contributed by atoms with Crippen LogP contribution in [-0.2, 0) is 0 Å². The predicted octanol–water partition coefficient (Wildman–Crippen LogP) is 4.00. The van der Waals surface area contributed by atoms with Gasteiger partial charge in [-0.25, -0.2) is 10.2 Å². The SMILES string of the molecule is COc1cc(C(=O)Oc2ccc(/C=N/NC(=O)c3ccc(C)cc3)cc2)cc(OC)c1OC. The second kappa shape index (κ2) is 10.8. The molecule has 33 heavy (non-hydrogen) atoms. The zero-order valence-electron chi connectivity index (χ0n) is 18.7. The standard InChI is InChI=1S/C25H24N2O6/c1-16-5-9-18(10-6-16)24(28)27-26-15-17-7-11-20(12-8-17)33-25(29)19-13-21(30-2)23(32-4)22(14-19)31-3/h5-15H,1-4H3,(H,27,28)/b26-15+. The molecule has 0 saturated heterocycles. The van der Waals surface area contributed by atoms with Crippen LogP contribution in [0.3, 0.4) is 0 Å². The summed E-state index contributed by atoms with van der Waals surface area (Å²) in [4.78, 5) is 24.7. The number of hydrazone groups is 1. The lowest BCUT2D eigenvalue weighted by molar-refractivity contribution is 0.0733. The fourth-order valence-corrected chi connectivity index (χ4v) is 2.92. The molecule has 0 bridgehead atoms. The minimum absolute atomic E-state index is 0.244. The van der Waals surface area contributed by atoms with Crippen LogP contribution >= 0.6 is 0 Å². The van der Waals surface area contributed by atoms with Gasteiger partial charge in [0.1, 0.15) is 5.75 Å². The summed E-state index contributed by atoms with van der Waals surface area (Å²) in [7, 11) is 4.42. The Morgan fingerprint density at radius 1 is 0.818 bits per heavy atom. The molecule has 1 N–H and O–H groups in total. The van der Waals surface area contributed by atoms with Crippen molar-refractivity contribution < 1.29 is 28.5 Å². The van der Waals surface area contributed by atoms with Gasteiger partial charge in [0.15, 0.2) is 11.5 Å². The van der Waals surface area contributed by atoms with Gasteiger partial charge in [-0.1, -0.05) is 17.7 Å².